The molecule has 0 radical (unpaired) electrons. The number of amides is 3. The van der Waals surface area contributed by atoms with Gasteiger partial charge in [0.1, 0.15) is 23.9 Å². The lowest BCUT2D eigenvalue weighted by atomic mass is 10.0. The lowest BCUT2D eigenvalue weighted by Crippen LogP contribution is -2.58. The molecule has 0 spiro atoms. The minimum Gasteiger partial charge on any atom is -0.508 e. The Kier molecular flexibility index (Phi) is 12.4. The van der Waals surface area contributed by atoms with Gasteiger partial charge in [0.15, 0.2) is 5.96 Å². The van der Waals surface area contributed by atoms with Crippen molar-refractivity contribution in [2.75, 3.05) is 12.3 Å². The zero-order valence-corrected chi connectivity index (χ0v) is 24.8. The number of aliphatic imine (C=N–C) groups is 1. The van der Waals surface area contributed by atoms with Crippen LogP contribution >= 0.6 is 12.6 Å². The summed E-state index contributed by atoms with van der Waals surface area (Å²) in [6, 6.07) is 8.70. The van der Waals surface area contributed by atoms with E-state index >= 15 is 0 Å². The van der Waals surface area contributed by atoms with Gasteiger partial charge >= 0.3 is 5.97 Å². The van der Waals surface area contributed by atoms with E-state index < -0.39 is 47.9 Å². The number of aromatic amines is 1. The SMILES string of the molecule is NC(N)=NCCCC(N)C(=O)NC(CS)C(=O)NC(Cc1c[nH]c2ccccc12)C(=O)NC(Cc1ccc(O)cc1)C(=O)O. The number of aromatic hydroxyl groups is 1. The van der Waals surface area contributed by atoms with E-state index in [9.17, 15) is 29.4 Å². The number of H-pyrrole nitrogens is 1. The van der Waals surface area contributed by atoms with Gasteiger partial charge in [-0.3, -0.25) is 19.4 Å². The molecule has 0 fully saturated rings. The molecule has 0 aliphatic rings. The van der Waals surface area contributed by atoms with Crippen LogP contribution in [0.25, 0.3) is 10.9 Å². The topological polar surface area (TPSA) is 251 Å². The Morgan fingerprint density at radius 2 is 1.52 bits per heavy atom. The second-order valence-electron chi connectivity index (χ2n) is 10.2. The van der Waals surface area contributed by atoms with E-state index in [0.717, 1.165) is 10.9 Å². The number of guanidine groups is 1. The molecule has 236 valence electrons. The first-order valence-corrected chi connectivity index (χ1v) is 14.5. The molecule has 0 saturated heterocycles. The minimum atomic E-state index is -1.33. The van der Waals surface area contributed by atoms with Crippen molar-refractivity contribution in [2.24, 2.45) is 22.2 Å². The van der Waals surface area contributed by atoms with Crippen molar-refractivity contribution in [1.29, 1.82) is 0 Å². The van der Waals surface area contributed by atoms with Crippen molar-refractivity contribution < 1.29 is 29.4 Å². The first-order valence-electron chi connectivity index (χ1n) is 13.9. The monoisotopic (exact) mass is 626 g/mol. The number of nitrogens with one attached hydrogen (secondary N) is 4. The summed E-state index contributed by atoms with van der Waals surface area (Å²) in [5, 5.41) is 27.9. The Bertz CT molecular complexity index is 1470. The number of para-hydroxylation sites is 1. The number of carbonyl (C=O) groups is 4. The molecule has 0 aliphatic carbocycles. The maximum atomic E-state index is 13.5. The average Bonchev–Trinajstić information content (AvgIpc) is 3.40. The lowest BCUT2D eigenvalue weighted by Gasteiger charge is -2.24. The molecule has 0 saturated carbocycles. The van der Waals surface area contributed by atoms with Gasteiger partial charge in [0, 0.05) is 42.2 Å². The van der Waals surface area contributed by atoms with E-state index in [-0.39, 0.29) is 43.3 Å². The molecule has 3 amide bonds. The predicted octanol–water partition coefficient (Wildman–Crippen LogP) is -0.492. The summed E-state index contributed by atoms with van der Waals surface area (Å²) < 4.78 is 0. The molecule has 3 rings (SSSR count). The third-order valence-electron chi connectivity index (χ3n) is 6.84. The van der Waals surface area contributed by atoms with Gasteiger partial charge < -0.3 is 48.3 Å². The summed E-state index contributed by atoms with van der Waals surface area (Å²) in [7, 11) is 0. The number of carbonyl (C=O) groups excluding carboxylic acids is 3. The van der Waals surface area contributed by atoms with Crippen LogP contribution in [0.4, 0.5) is 0 Å². The fourth-order valence-electron chi connectivity index (χ4n) is 4.47. The van der Waals surface area contributed by atoms with Gasteiger partial charge in [-0.15, -0.1) is 0 Å². The molecule has 1 heterocycles. The molecule has 44 heavy (non-hydrogen) atoms. The van der Waals surface area contributed by atoms with Crippen LogP contribution in [0.1, 0.15) is 24.0 Å². The second-order valence-corrected chi connectivity index (χ2v) is 10.6. The highest BCUT2D eigenvalue weighted by Gasteiger charge is 2.30. The quantitative estimate of drug-likeness (QED) is 0.0425. The number of phenolic OH excluding ortho intramolecular Hbond substituents is 1. The van der Waals surface area contributed by atoms with E-state index in [4.69, 9.17) is 17.2 Å². The highest BCUT2D eigenvalue weighted by Crippen LogP contribution is 2.19. The Hall–Kier alpha value is -4.76. The zero-order chi connectivity index (χ0) is 32.2. The number of thiol groups is 1. The molecule has 14 nitrogen and oxygen atoms in total. The molecule has 0 bridgehead atoms. The summed E-state index contributed by atoms with van der Waals surface area (Å²) in [5.74, 6) is -3.47. The Morgan fingerprint density at radius 3 is 2.18 bits per heavy atom. The number of carboxylic acid groups (broad SMARTS) is 1. The Balaban J connectivity index is 1.76. The number of hydrogen-bond acceptors (Lipinski definition) is 8. The maximum Gasteiger partial charge on any atom is 0.326 e. The summed E-state index contributed by atoms with van der Waals surface area (Å²) in [6.07, 6.45) is 2.36. The number of carboxylic acids is 1. The Morgan fingerprint density at radius 1 is 0.886 bits per heavy atom. The third kappa shape index (κ3) is 9.91. The van der Waals surface area contributed by atoms with E-state index in [1.165, 1.54) is 12.1 Å². The summed E-state index contributed by atoms with van der Waals surface area (Å²) >= 11 is 4.20. The number of benzene rings is 2. The van der Waals surface area contributed by atoms with Crippen molar-refractivity contribution >= 4 is 53.2 Å². The first-order chi connectivity index (χ1) is 21.0. The number of nitrogens with two attached hydrogens (primary N) is 3. The number of nitrogens with zero attached hydrogens (tertiary/aromatic N) is 1. The molecule has 4 atom stereocenters. The maximum absolute atomic E-state index is 13.5. The Labute approximate surface area is 259 Å². The molecule has 3 aromatic rings. The van der Waals surface area contributed by atoms with Crippen LogP contribution in [0, 0.1) is 0 Å². The van der Waals surface area contributed by atoms with Gasteiger partial charge in [0.05, 0.1) is 6.04 Å². The van der Waals surface area contributed by atoms with E-state index in [0.29, 0.717) is 17.5 Å². The van der Waals surface area contributed by atoms with E-state index in [2.05, 4.69) is 38.6 Å². The van der Waals surface area contributed by atoms with Gasteiger partial charge in [-0.05, 0) is 42.2 Å². The standard InChI is InChI=1S/C29H38N8O6S/c30-20(5-3-11-33-29(31)32)25(39)37-24(15-44)27(41)35-22(13-17-14-34-21-6-2-1-4-19(17)21)26(40)36-23(28(42)43)12-16-7-9-18(38)10-8-16/h1-2,4,6-10,14,20,22-24,34,38,44H,3,5,11-13,15,30H2,(H,35,41)(H,36,40)(H,37,39)(H,42,43)(H4,31,32,33). The first kappa shape index (κ1) is 33.7. The predicted molar refractivity (Wildman–Crippen MR) is 169 cm³/mol. The molecule has 12 N–H and O–H groups in total. The number of phenols is 1. The molecule has 2 aromatic carbocycles. The third-order valence-corrected chi connectivity index (χ3v) is 7.21. The number of fused-ring (bicyclic) bond motifs is 1. The van der Waals surface area contributed by atoms with Crippen LogP contribution in [0.5, 0.6) is 5.75 Å². The molecule has 1 aromatic heterocycles. The van der Waals surface area contributed by atoms with Gasteiger partial charge in [-0.25, -0.2) is 4.79 Å². The van der Waals surface area contributed by atoms with Crippen molar-refractivity contribution in [3.05, 3.63) is 65.9 Å². The fourth-order valence-corrected chi connectivity index (χ4v) is 4.72. The summed E-state index contributed by atoms with van der Waals surface area (Å²) in [5.41, 5.74) is 18.7. The van der Waals surface area contributed by atoms with Crippen molar-refractivity contribution in [3.63, 3.8) is 0 Å². The van der Waals surface area contributed by atoms with Gasteiger partial charge in [-0.1, -0.05) is 30.3 Å². The highest BCUT2D eigenvalue weighted by atomic mass is 32.1. The largest absolute Gasteiger partial charge is 0.508 e. The average molecular weight is 627 g/mol. The minimum absolute atomic E-state index is 0.0175. The zero-order valence-electron chi connectivity index (χ0n) is 23.9. The molecule has 15 heteroatoms. The molecule has 4 unspecified atom stereocenters. The van der Waals surface area contributed by atoms with Gasteiger partial charge in [0.2, 0.25) is 17.7 Å². The van der Waals surface area contributed by atoms with Crippen LogP contribution in [0.3, 0.4) is 0 Å². The molecular weight excluding hydrogens is 588 g/mol. The lowest BCUT2D eigenvalue weighted by molar-refractivity contribution is -0.142. The van der Waals surface area contributed by atoms with Crippen molar-refractivity contribution in [1.82, 2.24) is 20.9 Å². The fraction of sp³-hybridized carbons (Fsp3) is 0.345. The van der Waals surface area contributed by atoms with Crippen LogP contribution < -0.4 is 33.2 Å². The number of rotatable bonds is 16. The number of aliphatic carboxylic acids is 1. The van der Waals surface area contributed by atoms with Crippen LogP contribution in [0.15, 0.2) is 59.7 Å². The smallest absolute Gasteiger partial charge is 0.326 e. The highest BCUT2D eigenvalue weighted by molar-refractivity contribution is 7.80. The van der Waals surface area contributed by atoms with Crippen molar-refractivity contribution in [2.45, 2.75) is 49.9 Å². The van der Waals surface area contributed by atoms with Gasteiger partial charge in [0.25, 0.3) is 0 Å². The molecule has 0 aliphatic heterocycles. The van der Waals surface area contributed by atoms with Crippen molar-refractivity contribution in [3.8, 4) is 5.75 Å². The van der Waals surface area contributed by atoms with E-state index in [1.807, 2.05) is 24.3 Å². The van der Waals surface area contributed by atoms with Crippen LogP contribution in [0.2, 0.25) is 0 Å². The van der Waals surface area contributed by atoms with Crippen LogP contribution in [-0.2, 0) is 32.0 Å². The molecular formula is C29H38N8O6S. The second kappa shape index (κ2) is 16.2. The normalized spacial score (nSPS) is 13.7. The summed E-state index contributed by atoms with van der Waals surface area (Å²) in [6.45, 7) is 0.286. The van der Waals surface area contributed by atoms with E-state index in [1.54, 1.807) is 18.3 Å². The number of aromatic nitrogens is 1. The van der Waals surface area contributed by atoms with Gasteiger partial charge in [-0.2, -0.15) is 12.6 Å². The summed E-state index contributed by atoms with van der Waals surface area (Å²) in [4.78, 5) is 58.6. The number of hydrogen-bond donors (Lipinski definition) is 10. The van der Waals surface area contributed by atoms with Crippen LogP contribution in [-0.4, -0.2) is 81.3 Å².